The van der Waals surface area contributed by atoms with Crippen molar-refractivity contribution in [2.24, 2.45) is 0 Å². The van der Waals surface area contributed by atoms with E-state index in [-0.39, 0.29) is 34.6 Å². The van der Waals surface area contributed by atoms with E-state index in [4.69, 9.17) is 4.74 Å². The zero-order chi connectivity index (χ0) is 20.8. The summed E-state index contributed by atoms with van der Waals surface area (Å²) in [7, 11) is -3.15. The average molecular weight is 419 g/mol. The molecule has 2 aliphatic rings. The van der Waals surface area contributed by atoms with Crippen molar-refractivity contribution < 1.29 is 33.0 Å². The first kappa shape index (κ1) is 19.5. The van der Waals surface area contributed by atoms with E-state index < -0.39 is 34.4 Å². The van der Waals surface area contributed by atoms with Crippen LogP contribution in [0.2, 0.25) is 0 Å². The minimum Gasteiger partial charge on any atom is -0.507 e. The van der Waals surface area contributed by atoms with Crippen LogP contribution in [-0.2, 0) is 19.4 Å². The number of ether oxygens (including phenoxy) is 1. The molecular formula is C20H21NO7S. The molecule has 1 saturated heterocycles. The minimum absolute atomic E-state index is 0.0161. The van der Waals surface area contributed by atoms with Gasteiger partial charge in [0.15, 0.2) is 16.4 Å². The van der Waals surface area contributed by atoms with Gasteiger partial charge in [-0.3, -0.25) is 4.79 Å². The fraction of sp³-hybridized carbons (Fsp3) is 0.400. The number of carbonyl (C=O) groups is 2. The predicted molar refractivity (Wildman–Crippen MR) is 104 cm³/mol. The number of phenolic OH excluding ortho intramolecular Hbond substituents is 2. The second-order valence-corrected chi connectivity index (χ2v) is 9.73. The highest BCUT2D eigenvalue weighted by atomic mass is 32.2. The molecular weight excluding hydrogens is 398 g/mol. The van der Waals surface area contributed by atoms with Crippen LogP contribution < -0.4 is 0 Å². The first-order chi connectivity index (χ1) is 13.8. The van der Waals surface area contributed by atoms with E-state index in [2.05, 4.69) is 0 Å². The Balaban J connectivity index is 1.48. The van der Waals surface area contributed by atoms with Crippen molar-refractivity contribution >= 4 is 32.5 Å². The number of rotatable bonds is 5. The van der Waals surface area contributed by atoms with Crippen LogP contribution in [0.1, 0.15) is 29.6 Å². The zero-order valence-electron chi connectivity index (χ0n) is 15.6. The number of hydrogen-bond donors (Lipinski definition) is 2. The van der Waals surface area contributed by atoms with Crippen molar-refractivity contribution in [3.8, 4) is 11.5 Å². The Hall–Kier alpha value is -2.81. The van der Waals surface area contributed by atoms with Crippen LogP contribution in [0.25, 0.3) is 10.8 Å². The molecule has 9 heteroatoms. The fourth-order valence-corrected chi connectivity index (χ4v) is 5.54. The van der Waals surface area contributed by atoms with Crippen molar-refractivity contribution in [3.63, 3.8) is 0 Å². The Kier molecular flexibility index (Phi) is 4.85. The average Bonchev–Trinajstić information content (AvgIpc) is 3.45. The van der Waals surface area contributed by atoms with Crippen molar-refractivity contribution in [1.29, 1.82) is 0 Å². The van der Waals surface area contributed by atoms with E-state index in [1.165, 1.54) is 4.90 Å². The number of esters is 1. The number of carbonyl (C=O) groups excluding carboxylic acids is 2. The van der Waals surface area contributed by atoms with Crippen LogP contribution in [-0.4, -0.2) is 65.6 Å². The highest BCUT2D eigenvalue weighted by molar-refractivity contribution is 7.91. The molecule has 4 rings (SSSR count). The number of aromatic hydroxyl groups is 2. The van der Waals surface area contributed by atoms with Gasteiger partial charge in [-0.1, -0.05) is 24.3 Å². The SMILES string of the molecule is O=C(OCC(=O)N(C1CC1)[C@@H]1CCS(=O)(=O)C1)c1cc(O)c2ccccc2c1O. The van der Waals surface area contributed by atoms with Gasteiger partial charge in [0, 0.05) is 22.9 Å². The van der Waals surface area contributed by atoms with Crippen LogP contribution in [0, 0.1) is 0 Å². The monoisotopic (exact) mass is 419 g/mol. The fourth-order valence-electron chi connectivity index (χ4n) is 3.83. The van der Waals surface area contributed by atoms with Gasteiger partial charge in [-0.05, 0) is 25.3 Å². The summed E-state index contributed by atoms with van der Waals surface area (Å²) in [5, 5.41) is 21.2. The van der Waals surface area contributed by atoms with Crippen LogP contribution in [0.5, 0.6) is 11.5 Å². The second-order valence-electron chi connectivity index (χ2n) is 7.50. The molecule has 1 aliphatic carbocycles. The summed E-state index contributed by atoms with van der Waals surface area (Å²) >= 11 is 0. The van der Waals surface area contributed by atoms with Gasteiger partial charge >= 0.3 is 5.97 Å². The Morgan fingerprint density at radius 1 is 1.07 bits per heavy atom. The number of benzene rings is 2. The highest BCUT2D eigenvalue weighted by Gasteiger charge is 2.42. The highest BCUT2D eigenvalue weighted by Crippen LogP contribution is 2.36. The molecule has 0 bridgehead atoms. The molecule has 29 heavy (non-hydrogen) atoms. The van der Waals surface area contributed by atoms with Crippen molar-refractivity contribution in [3.05, 3.63) is 35.9 Å². The Bertz CT molecular complexity index is 1090. The maximum Gasteiger partial charge on any atom is 0.342 e. The minimum atomic E-state index is -3.15. The summed E-state index contributed by atoms with van der Waals surface area (Å²) in [6.07, 6.45) is 1.99. The summed E-state index contributed by atoms with van der Waals surface area (Å²) < 4.78 is 28.6. The second kappa shape index (κ2) is 7.22. The molecule has 0 aromatic heterocycles. The molecule has 1 aliphatic heterocycles. The lowest BCUT2D eigenvalue weighted by Gasteiger charge is -2.28. The summed E-state index contributed by atoms with van der Waals surface area (Å²) in [5.41, 5.74) is -0.240. The van der Waals surface area contributed by atoms with Crippen LogP contribution >= 0.6 is 0 Å². The van der Waals surface area contributed by atoms with Gasteiger partial charge in [-0.15, -0.1) is 0 Å². The Labute approximate surface area is 167 Å². The summed E-state index contributed by atoms with van der Waals surface area (Å²) in [4.78, 5) is 26.6. The molecule has 1 atom stereocenters. The number of hydrogen-bond acceptors (Lipinski definition) is 7. The van der Waals surface area contributed by atoms with Gasteiger partial charge in [-0.2, -0.15) is 0 Å². The van der Waals surface area contributed by atoms with Gasteiger partial charge < -0.3 is 19.8 Å². The van der Waals surface area contributed by atoms with Crippen LogP contribution in [0.15, 0.2) is 30.3 Å². The standard InChI is InChI=1S/C20H21NO7S/c22-17-9-16(19(24)15-4-2-1-3-14(15)17)20(25)28-10-18(23)21(12-5-6-12)13-7-8-29(26,27)11-13/h1-4,9,12-13,22,24H,5-8,10-11H2/t13-/m1/s1. The number of nitrogens with zero attached hydrogens (tertiary/aromatic N) is 1. The van der Waals surface area contributed by atoms with Gasteiger partial charge in [0.05, 0.1) is 11.5 Å². The molecule has 8 nitrogen and oxygen atoms in total. The number of phenols is 2. The molecule has 1 saturated carbocycles. The Morgan fingerprint density at radius 2 is 1.76 bits per heavy atom. The largest absolute Gasteiger partial charge is 0.507 e. The van der Waals surface area contributed by atoms with Crippen molar-refractivity contribution in [2.45, 2.75) is 31.3 Å². The van der Waals surface area contributed by atoms with Gasteiger partial charge in [0.2, 0.25) is 0 Å². The van der Waals surface area contributed by atoms with E-state index in [1.54, 1.807) is 24.3 Å². The molecule has 1 amide bonds. The van der Waals surface area contributed by atoms with Crippen LogP contribution in [0.3, 0.4) is 0 Å². The van der Waals surface area contributed by atoms with Crippen molar-refractivity contribution in [1.82, 2.24) is 4.90 Å². The quantitative estimate of drug-likeness (QED) is 0.557. The van der Waals surface area contributed by atoms with Crippen LogP contribution in [0.4, 0.5) is 0 Å². The molecule has 2 aromatic carbocycles. The van der Waals surface area contributed by atoms with E-state index >= 15 is 0 Å². The maximum absolute atomic E-state index is 12.7. The number of amides is 1. The summed E-state index contributed by atoms with van der Waals surface area (Å²) in [6, 6.07) is 7.20. The molecule has 154 valence electrons. The van der Waals surface area contributed by atoms with E-state index in [9.17, 15) is 28.2 Å². The molecule has 0 radical (unpaired) electrons. The lowest BCUT2D eigenvalue weighted by Crippen LogP contribution is -2.44. The van der Waals surface area contributed by atoms with Gasteiger partial charge in [-0.25, -0.2) is 13.2 Å². The number of fused-ring (bicyclic) bond motifs is 1. The third kappa shape index (κ3) is 3.87. The molecule has 2 N–H and O–H groups in total. The lowest BCUT2D eigenvalue weighted by atomic mass is 10.0. The third-order valence-corrected chi connectivity index (χ3v) is 7.12. The predicted octanol–water partition coefficient (Wildman–Crippen LogP) is 1.59. The maximum atomic E-state index is 12.7. The normalized spacial score (nSPS) is 20.5. The summed E-state index contributed by atoms with van der Waals surface area (Å²) in [6.45, 7) is -0.557. The van der Waals surface area contributed by atoms with Crippen molar-refractivity contribution in [2.75, 3.05) is 18.1 Å². The van der Waals surface area contributed by atoms with E-state index in [0.717, 1.165) is 18.9 Å². The summed E-state index contributed by atoms with van der Waals surface area (Å²) in [5.74, 6) is -1.93. The van der Waals surface area contributed by atoms with Gasteiger partial charge in [0.1, 0.15) is 17.1 Å². The number of sulfone groups is 1. The van der Waals surface area contributed by atoms with Gasteiger partial charge in [0.25, 0.3) is 5.91 Å². The zero-order valence-corrected chi connectivity index (χ0v) is 16.4. The first-order valence-electron chi connectivity index (χ1n) is 9.39. The topological polar surface area (TPSA) is 121 Å². The van der Waals surface area contributed by atoms with E-state index in [1.807, 2.05) is 0 Å². The lowest BCUT2D eigenvalue weighted by molar-refractivity contribution is -0.137. The smallest absolute Gasteiger partial charge is 0.342 e. The van der Waals surface area contributed by atoms with E-state index in [0.29, 0.717) is 17.2 Å². The molecule has 0 unspecified atom stereocenters. The first-order valence-corrected chi connectivity index (χ1v) is 11.2. The Morgan fingerprint density at radius 3 is 2.38 bits per heavy atom. The molecule has 2 fully saturated rings. The molecule has 1 heterocycles. The third-order valence-electron chi connectivity index (χ3n) is 5.37. The molecule has 2 aromatic rings. The molecule has 0 spiro atoms.